The molecule has 1 unspecified atom stereocenters. The molecule has 0 aliphatic carbocycles. The zero-order chi connectivity index (χ0) is 7.98. The fraction of sp³-hybridized carbons (Fsp3) is 0.750. The Morgan fingerprint density at radius 2 is 2.20 bits per heavy atom. The van der Waals surface area contributed by atoms with Crippen molar-refractivity contribution in [3.05, 3.63) is 0 Å². The summed E-state index contributed by atoms with van der Waals surface area (Å²) in [7, 11) is 0. The number of carboxylic acids is 1. The Balaban J connectivity index is 3.06. The third-order valence-corrected chi connectivity index (χ3v) is 1.24. The second-order valence-electron chi connectivity index (χ2n) is 1.64. The van der Waals surface area contributed by atoms with Crippen molar-refractivity contribution in [1.29, 1.82) is 0 Å². The van der Waals surface area contributed by atoms with E-state index in [-0.39, 0.29) is 13.0 Å². The summed E-state index contributed by atoms with van der Waals surface area (Å²) in [5, 5.41) is 8.11. The van der Waals surface area contributed by atoms with Gasteiger partial charge in [0, 0.05) is 13.0 Å². The third kappa shape index (κ3) is 7.54. The molecule has 10 heavy (non-hydrogen) atoms. The van der Waals surface area contributed by atoms with Crippen molar-refractivity contribution in [3.8, 4) is 0 Å². The first-order valence-electron chi connectivity index (χ1n) is 2.69. The van der Waals surface area contributed by atoms with Gasteiger partial charge in [-0.1, -0.05) is 0 Å². The Hall–Kier alpha value is -0.460. The molecule has 0 aromatic rings. The van der Waals surface area contributed by atoms with Crippen LogP contribution in [0.3, 0.4) is 0 Å². The zero-order valence-electron chi connectivity index (χ0n) is 5.24. The standard InChI is InChI=1S/C4H9NO4S/c6-4(7)2-1-3-5-10(8)9/h5H,1-3H2,(H,6,7)(H,8,9). The van der Waals surface area contributed by atoms with E-state index in [0.29, 0.717) is 6.42 Å². The molecule has 0 rings (SSSR count). The van der Waals surface area contributed by atoms with Gasteiger partial charge in [-0.05, 0) is 6.42 Å². The minimum Gasteiger partial charge on any atom is -0.481 e. The molecule has 0 aromatic heterocycles. The fourth-order valence-electron chi connectivity index (χ4n) is 0.399. The normalized spacial score (nSPS) is 12.9. The van der Waals surface area contributed by atoms with Crippen LogP contribution in [0, 0.1) is 0 Å². The van der Waals surface area contributed by atoms with E-state index in [1.54, 1.807) is 0 Å². The Labute approximate surface area is 60.9 Å². The summed E-state index contributed by atoms with van der Waals surface area (Å²) in [4.78, 5) is 9.88. The highest BCUT2D eigenvalue weighted by Crippen LogP contribution is 1.85. The quantitative estimate of drug-likeness (QED) is 0.383. The average molecular weight is 167 g/mol. The maximum atomic E-state index is 9.90. The summed E-state index contributed by atoms with van der Waals surface area (Å²) in [6.45, 7) is 0.245. The van der Waals surface area contributed by atoms with Crippen molar-refractivity contribution in [3.63, 3.8) is 0 Å². The highest BCUT2D eigenvalue weighted by atomic mass is 32.2. The number of hydrogen-bond acceptors (Lipinski definition) is 2. The van der Waals surface area contributed by atoms with Crippen LogP contribution in [0.4, 0.5) is 0 Å². The minimum atomic E-state index is -2.02. The van der Waals surface area contributed by atoms with Crippen LogP contribution in [0.5, 0.6) is 0 Å². The Kier molecular flexibility index (Phi) is 5.09. The molecule has 0 radical (unpaired) electrons. The van der Waals surface area contributed by atoms with Gasteiger partial charge in [0.25, 0.3) is 0 Å². The molecule has 0 heterocycles. The van der Waals surface area contributed by atoms with Crippen LogP contribution in [-0.2, 0) is 16.1 Å². The molecule has 6 heteroatoms. The van der Waals surface area contributed by atoms with Gasteiger partial charge in [-0.3, -0.25) is 9.35 Å². The highest BCUT2D eigenvalue weighted by Gasteiger charge is 1.96. The molecule has 0 aromatic carbocycles. The third-order valence-electron chi connectivity index (χ3n) is 0.793. The predicted octanol–water partition coefficient (Wildman–Crippen LogP) is -0.422. The number of rotatable bonds is 5. The van der Waals surface area contributed by atoms with Gasteiger partial charge in [-0.15, -0.1) is 0 Å². The molecule has 0 aliphatic heterocycles. The number of nitrogens with one attached hydrogen (secondary N) is 1. The Bertz CT molecular complexity index is 121. The van der Waals surface area contributed by atoms with Gasteiger partial charge in [-0.2, -0.15) is 0 Å². The van der Waals surface area contributed by atoms with E-state index in [4.69, 9.17) is 9.66 Å². The van der Waals surface area contributed by atoms with Crippen LogP contribution in [0.25, 0.3) is 0 Å². The van der Waals surface area contributed by atoms with Gasteiger partial charge < -0.3 is 5.11 Å². The molecule has 3 N–H and O–H groups in total. The summed E-state index contributed by atoms with van der Waals surface area (Å²) in [6.07, 6.45) is 0.381. The van der Waals surface area contributed by atoms with Crippen molar-refractivity contribution < 1.29 is 18.7 Å². The van der Waals surface area contributed by atoms with Gasteiger partial charge in [-0.25, -0.2) is 8.93 Å². The summed E-state index contributed by atoms with van der Waals surface area (Å²) in [5.41, 5.74) is 0. The summed E-state index contributed by atoms with van der Waals surface area (Å²) in [6, 6.07) is 0. The SMILES string of the molecule is O=C(O)CCCNS(=O)O. The van der Waals surface area contributed by atoms with E-state index in [0.717, 1.165) is 0 Å². The predicted molar refractivity (Wildman–Crippen MR) is 35.6 cm³/mol. The summed E-state index contributed by atoms with van der Waals surface area (Å²) >= 11 is -2.02. The van der Waals surface area contributed by atoms with Crippen molar-refractivity contribution in [2.75, 3.05) is 6.54 Å². The van der Waals surface area contributed by atoms with Crippen LogP contribution in [0.1, 0.15) is 12.8 Å². The average Bonchev–Trinajstić information content (AvgIpc) is 1.79. The van der Waals surface area contributed by atoms with E-state index < -0.39 is 17.2 Å². The molecule has 0 saturated heterocycles. The Morgan fingerprint density at radius 3 is 2.60 bits per heavy atom. The number of carboxylic acid groups (broad SMARTS) is 1. The number of carbonyl (C=O) groups is 1. The van der Waals surface area contributed by atoms with E-state index in [9.17, 15) is 9.00 Å². The van der Waals surface area contributed by atoms with Crippen molar-refractivity contribution in [2.45, 2.75) is 12.8 Å². The van der Waals surface area contributed by atoms with E-state index >= 15 is 0 Å². The van der Waals surface area contributed by atoms with Gasteiger partial charge in [0.1, 0.15) is 0 Å². The van der Waals surface area contributed by atoms with Gasteiger partial charge in [0.05, 0.1) is 0 Å². The largest absolute Gasteiger partial charge is 0.481 e. The molecule has 0 spiro atoms. The topological polar surface area (TPSA) is 86.6 Å². The van der Waals surface area contributed by atoms with Crippen LogP contribution in [-0.4, -0.2) is 26.4 Å². The molecule has 0 bridgehead atoms. The lowest BCUT2D eigenvalue weighted by Crippen LogP contribution is -2.18. The van der Waals surface area contributed by atoms with Gasteiger partial charge in [0.2, 0.25) is 11.3 Å². The van der Waals surface area contributed by atoms with Crippen LogP contribution < -0.4 is 4.72 Å². The molecular weight excluding hydrogens is 158 g/mol. The van der Waals surface area contributed by atoms with Gasteiger partial charge in [0.15, 0.2) is 0 Å². The summed E-state index contributed by atoms with van der Waals surface area (Å²) in [5.74, 6) is -0.898. The lowest BCUT2D eigenvalue weighted by molar-refractivity contribution is -0.137. The maximum absolute atomic E-state index is 9.90. The zero-order valence-corrected chi connectivity index (χ0v) is 6.06. The molecule has 0 fully saturated rings. The molecular formula is C4H9NO4S. The first-order chi connectivity index (χ1) is 4.63. The lowest BCUT2D eigenvalue weighted by Gasteiger charge is -1.95. The van der Waals surface area contributed by atoms with Crippen LogP contribution in [0.15, 0.2) is 0 Å². The van der Waals surface area contributed by atoms with Crippen molar-refractivity contribution >= 4 is 17.2 Å². The Morgan fingerprint density at radius 1 is 1.60 bits per heavy atom. The molecule has 5 nitrogen and oxygen atoms in total. The smallest absolute Gasteiger partial charge is 0.303 e. The molecule has 0 amide bonds. The minimum absolute atomic E-state index is 0.0181. The maximum Gasteiger partial charge on any atom is 0.303 e. The highest BCUT2D eigenvalue weighted by molar-refractivity contribution is 7.77. The molecule has 0 aliphatic rings. The summed E-state index contributed by atoms with van der Waals surface area (Å²) < 4.78 is 20.2. The van der Waals surface area contributed by atoms with Crippen molar-refractivity contribution in [1.82, 2.24) is 4.72 Å². The second-order valence-corrected chi connectivity index (χ2v) is 2.43. The fourth-order valence-corrected chi connectivity index (χ4v) is 0.718. The molecule has 1 atom stereocenters. The lowest BCUT2D eigenvalue weighted by atomic mass is 10.3. The molecule has 60 valence electrons. The van der Waals surface area contributed by atoms with E-state index in [2.05, 4.69) is 4.72 Å². The number of hydrogen-bond donors (Lipinski definition) is 3. The second kappa shape index (κ2) is 5.33. The van der Waals surface area contributed by atoms with E-state index in [1.807, 2.05) is 0 Å². The van der Waals surface area contributed by atoms with Crippen LogP contribution >= 0.6 is 0 Å². The first kappa shape index (κ1) is 9.54. The van der Waals surface area contributed by atoms with Gasteiger partial charge >= 0.3 is 5.97 Å². The molecule has 0 saturated carbocycles. The number of aliphatic carboxylic acids is 1. The first-order valence-corrected chi connectivity index (χ1v) is 3.79. The monoisotopic (exact) mass is 167 g/mol. The van der Waals surface area contributed by atoms with E-state index in [1.165, 1.54) is 0 Å². The van der Waals surface area contributed by atoms with Crippen molar-refractivity contribution in [2.24, 2.45) is 0 Å². The van der Waals surface area contributed by atoms with Crippen LogP contribution in [0.2, 0.25) is 0 Å².